The summed E-state index contributed by atoms with van der Waals surface area (Å²) < 4.78 is 12.6. The normalized spacial score (nSPS) is 21.2. The summed E-state index contributed by atoms with van der Waals surface area (Å²) in [5.41, 5.74) is 7.50. The van der Waals surface area contributed by atoms with Gasteiger partial charge in [0.15, 0.2) is 11.5 Å². The van der Waals surface area contributed by atoms with Gasteiger partial charge in [0.25, 0.3) is 0 Å². The van der Waals surface area contributed by atoms with E-state index in [1.807, 2.05) is 0 Å². The summed E-state index contributed by atoms with van der Waals surface area (Å²) in [6.07, 6.45) is 5.82. The minimum absolute atomic E-state index is 0.132. The third-order valence-corrected chi connectivity index (χ3v) is 4.95. The van der Waals surface area contributed by atoms with Gasteiger partial charge in [-0.1, -0.05) is 12.8 Å². The van der Waals surface area contributed by atoms with Crippen LogP contribution < -0.4 is 15.2 Å². The molecule has 1 aromatic carbocycles. The average Bonchev–Trinajstić information content (AvgIpc) is 2.78. The van der Waals surface area contributed by atoms with E-state index in [2.05, 4.69) is 28.1 Å². The zero-order valence-electron chi connectivity index (χ0n) is 11.1. The molecule has 3 nitrogen and oxygen atoms in total. The molecule has 0 bridgehead atoms. The van der Waals surface area contributed by atoms with Crippen molar-refractivity contribution in [2.45, 2.75) is 37.5 Å². The lowest BCUT2D eigenvalue weighted by Gasteiger charge is -2.29. The van der Waals surface area contributed by atoms with Crippen LogP contribution in [0.4, 0.5) is 0 Å². The highest BCUT2D eigenvalue weighted by atomic mass is 79.9. The second-order valence-electron chi connectivity index (χ2n) is 5.53. The monoisotopic (exact) mass is 325 g/mol. The van der Waals surface area contributed by atoms with Crippen molar-refractivity contribution in [3.63, 3.8) is 0 Å². The van der Waals surface area contributed by atoms with Crippen LogP contribution in [0.15, 0.2) is 16.6 Å². The van der Waals surface area contributed by atoms with E-state index in [4.69, 9.17) is 15.2 Å². The van der Waals surface area contributed by atoms with Crippen molar-refractivity contribution in [2.75, 3.05) is 19.8 Å². The molecule has 0 aromatic heterocycles. The number of rotatable bonds is 2. The fraction of sp³-hybridized carbons (Fsp3) is 0.600. The molecule has 1 saturated carbocycles. The molecule has 1 fully saturated rings. The van der Waals surface area contributed by atoms with Gasteiger partial charge in [0.05, 0.1) is 17.7 Å². The lowest BCUT2D eigenvalue weighted by atomic mass is 9.79. The Morgan fingerprint density at radius 1 is 1.11 bits per heavy atom. The number of hydrogen-bond donors (Lipinski definition) is 1. The van der Waals surface area contributed by atoms with Gasteiger partial charge >= 0.3 is 0 Å². The third kappa shape index (κ3) is 2.36. The highest BCUT2D eigenvalue weighted by Crippen LogP contribution is 2.46. The summed E-state index contributed by atoms with van der Waals surface area (Å²) in [4.78, 5) is 0. The van der Waals surface area contributed by atoms with Crippen molar-refractivity contribution in [3.05, 3.63) is 22.2 Å². The van der Waals surface area contributed by atoms with E-state index >= 15 is 0 Å². The van der Waals surface area contributed by atoms with Crippen molar-refractivity contribution in [3.8, 4) is 11.5 Å². The van der Waals surface area contributed by atoms with Crippen molar-refractivity contribution < 1.29 is 9.47 Å². The van der Waals surface area contributed by atoms with Gasteiger partial charge in [-0.2, -0.15) is 0 Å². The highest BCUT2D eigenvalue weighted by molar-refractivity contribution is 9.10. The number of fused-ring (bicyclic) bond motifs is 1. The summed E-state index contributed by atoms with van der Waals surface area (Å²) in [6, 6.07) is 4.31. The van der Waals surface area contributed by atoms with Crippen molar-refractivity contribution >= 4 is 15.9 Å². The molecule has 19 heavy (non-hydrogen) atoms. The second kappa shape index (κ2) is 5.33. The highest BCUT2D eigenvalue weighted by Gasteiger charge is 2.35. The number of halogens is 1. The van der Waals surface area contributed by atoms with Crippen LogP contribution in [0.2, 0.25) is 0 Å². The standard InChI is InChI=1S/C15H20BrNO2/c16-12-8-11(15(10-17)4-1-2-5-15)9-13-14(12)19-7-3-6-18-13/h8-9H,1-7,10,17H2. The molecule has 1 aliphatic carbocycles. The lowest BCUT2D eigenvalue weighted by molar-refractivity contribution is 0.296. The van der Waals surface area contributed by atoms with Crippen molar-refractivity contribution in [1.29, 1.82) is 0 Å². The minimum Gasteiger partial charge on any atom is -0.490 e. The number of hydrogen-bond acceptors (Lipinski definition) is 3. The first-order valence-electron chi connectivity index (χ1n) is 7.05. The first-order valence-corrected chi connectivity index (χ1v) is 7.84. The zero-order chi connectivity index (χ0) is 13.3. The van der Waals surface area contributed by atoms with Gasteiger partial charge in [-0.25, -0.2) is 0 Å². The Labute approximate surface area is 122 Å². The molecule has 0 atom stereocenters. The zero-order valence-corrected chi connectivity index (χ0v) is 12.7. The predicted molar refractivity (Wildman–Crippen MR) is 78.9 cm³/mol. The van der Waals surface area contributed by atoms with Crippen LogP contribution in [-0.4, -0.2) is 19.8 Å². The summed E-state index contributed by atoms with van der Waals surface area (Å²) >= 11 is 3.62. The smallest absolute Gasteiger partial charge is 0.175 e. The first kappa shape index (κ1) is 13.3. The molecule has 0 spiro atoms. The molecule has 1 heterocycles. The molecule has 1 aromatic rings. The topological polar surface area (TPSA) is 44.5 Å². The van der Waals surface area contributed by atoms with Crippen LogP contribution in [-0.2, 0) is 5.41 Å². The van der Waals surface area contributed by atoms with E-state index in [9.17, 15) is 0 Å². The fourth-order valence-corrected chi connectivity index (χ4v) is 3.76. The second-order valence-corrected chi connectivity index (χ2v) is 6.38. The third-order valence-electron chi connectivity index (χ3n) is 4.37. The van der Waals surface area contributed by atoms with Gasteiger partial charge in [-0.3, -0.25) is 0 Å². The van der Waals surface area contributed by atoms with E-state index in [1.54, 1.807) is 0 Å². The van der Waals surface area contributed by atoms with Crippen LogP contribution in [0, 0.1) is 0 Å². The Hall–Kier alpha value is -0.740. The molecular weight excluding hydrogens is 306 g/mol. The van der Waals surface area contributed by atoms with Crippen LogP contribution in [0.25, 0.3) is 0 Å². The molecular formula is C15H20BrNO2. The Morgan fingerprint density at radius 3 is 2.58 bits per heavy atom. The summed E-state index contributed by atoms with van der Waals surface area (Å²) in [5.74, 6) is 1.70. The van der Waals surface area contributed by atoms with E-state index in [-0.39, 0.29) is 5.41 Å². The SMILES string of the molecule is NCC1(c2cc(Br)c3c(c2)OCCCO3)CCCC1. The maximum Gasteiger partial charge on any atom is 0.175 e. The molecule has 0 radical (unpaired) electrons. The summed E-state index contributed by atoms with van der Waals surface area (Å²) in [6.45, 7) is 2.14. The quantitative estimate of drug-likeness (QED) is 0.906. The van der Waals surface area contributed by atoms with Crippen LogP contribution in [0.5, 0.6) is 11.5 Å². The molecule has 2 N–H and O–H groups in total. The molecule has 0 amide bonds. The van der Waals surface area contributed by atoms with Gasteiger partial charge in [-0.15, -0.1) is 0 Å². The van der Waals surface area contributed by atoms with Crippen LogP contribution in [0.1, 0.15) is 37.7 Å². The Balaban J connectivity index is 2.03. The van der Waals surface area contributed by atoms with Gasteiger partial charge in [0.1, 0.15) is 0 Å². The van der Waals surface area contributed by atoms with Gasteiger partial charge < -0.3 is 15.2 Å². The number of nitrogens with two attached hydrogens (primary N) is 1. The Morgan fingerprint density at radius 2 is 1.84 bits per heavy atom. The van der Waals surface area contributed by atoms with Gasteiger partial charge in [0.2, 0.25) is 0 Å². The predicted octanol–water partition coefficient (Wildman–Crippen LogP) is 3.38. The van der Waals surface area contributed by atoms with Gasteiger partial charge in [-0.05, 0) is 46.5 Å². The molecule has 104 valence electrons. The number of benzene rings is 1. The van der Waals surface area contributed by atoms with Gasteiger partial charge in [0, 0.05) is 18.4 Å². The largest absolute Gasteiger partial charge is 0.490 e. The fourth-order valence-electron chi connectivity index (χ4n) is 3.20. The van der Waals surface area contributed by atoms with Crippen LogP contribution in [0.3, 0.4) is 0 Å². The molecule has 3 rings (SSSR count). The summed E-state index contributed by atoms with van der Waals surface area (Å²) in [7, 11) is 0. The maximum absolute atomic E-state index is 6.07. The summed E-state index contributed by atoms with van der Waals surface area (Å²) in [5, 5.41) is 0. The minimum atomic E-state index is 0.132. The molecule has 1 aliphatic heterocycles. The Bertz CT molecular complexity index is 469. The van der Waals surface area contributed by atoms with Crippen molar-refractivity contribution in [1.82, 2.24) is 0 Å². The van der Waals surface area contributed by atoms with E-state index in [1.165, 1.54) is 31.2 Å². The number of ether oxygens (including phenoxy) is 2. The Kier molecular flexibility index (Phi) is 3.72. The van der Waals surface area contributed by atoms with Crippen molar-refractivity contribution in [2.24, 2.45) is 5.73 Å². The van der Waals surface area contributed by atoms with E-state index in [0.717, 1.165) is 29.0 Å². The molecule has 2 aliphatic rings. The lowest BCUT2D eigenvalue weighted by Crippen LogP contribution is -2.32. The molecule has 0 unspecified atom stereocenters. The van der Waals surface area contributed by atoms with Crippen LogP contribution >= 0.6 is 15.9 Å². The van der Waals surface area contributed by atoms with E-state index in [0.29, 0.717) is 13.2 Å². The maximum atomic E-state index is 6.07. The molecule has 4 heteroatoms. The first-order chi connectivity index (χ1) is 9.25. The van der Waals surface area contributed by atoms with E-state index < -0.39 is 0 Å². The molecule has 0 saturated heterocycles. The average molecular weight is 326 g/mol.